The molecule has 0 amide bonds. The molecule has 0 atom stereocenters. The van der Waals surface area contributed by atoms with Crippen molar-refractivity contribution in [1.82, 2.24) is 19.7 Å². The van der Waals surface area contributed by atoms with E-state index in [2.05, 4.69) is 15.1 Å². The lowest BCUT2D eigenvalue weighted by Crippen LogP contribution is -2.23. The monoisotopic (exact) mass is 392 g/mol. The smallest absolute Gasteiger partial charge is 0.308 e. The maximum absolute atomic E-state index is 11.8. The first kappa shape index (κ1) is 18.8. The lowest BCUT2D eigenvalue weighted by atomic mass is 10.2. The zero-order valence-corrected chi connectivity index (χ0v) is 16.6. The van der Waals surface area contributed by atoms with Gasteiger partial charge in [-0.2, -0.15) is 5.10 Å². The highest BCUT2D eigenvalue weighted by Gasteiger charge is 2.47. The fourth-order valence-corrected chi connectivity index (χ4v) is 3.87. The Hall–Kier alpha value is -1.99. The molecule has 0 spiro atoms. The fraction of sp³-hybridized carbons (Fsp3) is 0.444. The minimum atomic E-state index is -0.254. The molecular weight excluding hydrogens is 372 g/mol. The van der Waals surface area contributed by atoms with Gasteiger partial charge in [0.2, 0.25) is 5.28 Å². The summed E-state index contributed by atoms with van der Waals surface area (Å²) >= 11 is 7.61. The van der Waals surface area contributed by atoms with E-state index in [9.17, 15) is 4.79 Å². The number of nitrogens with zero attached hydrogens (tertiary/aromatic N) is 4. The predicted molar refractivity (Wildman–Crippen MR) is 103 cm³/mol. The zero-order valence-electron chi connectivity index (χ0n) is 15.0. The van der Waals surface area contributed by atoms with Crippen molar-refractivity contribution in [3.63, 3.8) is 0 Å². The average Bonchev–Trinajstić information content (AvgIpc) is 3.05. The first-order valence-electron chi connectivity index (χ1n) is 8.73. The summed E-state index contributed by atoms with van der Waals surface area (Å²) in [7, 11) is 0. The summed E-state index contributed by atoms with van der Waals surface area (Å²) in [6.45, 7) is 6.21. The third-order valence-corrected chi connectivity index (χ3v) is 5.30. The second kappa shape index (κ2) is 7.72. The molecule has 1 saturated carbocycles. The van der Waals surface area contributed by atoms with Gasteiger partial charge in [-0.15, -0.1) is 11.3 Å². The van der Waals surface area contributed by atoms with Gasteiger partial charge < -0.3 is 4.74 Å². The van der Waals surface area contributed by atoms with Crippen molar-refractivity contribution >= 4 is 39.1 Å². The molecule has 0 aliphatic heterocycles. The van der Waals surface area contributed by atoms with Crippen LogP contribution in [-0.4, -0.2) is 32.3 Å². The molecule has 1 aliphatic carbocycles. The van der Waals surface area contributed by atoms with Crippen molar-refractivity contribution in [2.45, 2.75) is 45.6 Å². The van der Waals surface area contributed by atoms with Gasteiger partial charge in [0.25, 0.3) is 0 Å². The highest BCUT2D eigenvalue weighted by atomic mass is 35.5. The van der Waals surface area contributed by atoms with E-state index in [-0.39, 0.29) is 16.8 Å². The molecule has 3 aromatic rings. The number of thiophene rings is 1. The topological polar surface area (TPSA) is 69.9 Å². The molecule has 3 heterocycles. The number of hydrogen-bond acceptors (Lipinski definition) is 6. The number of carbonyl (C=O) groups is 1. The van der Waals surface area contributed by atoms with Crippen molar-refractivity contribution in [2.24, 2.45) is 0 Å². The maximum atomic E-state index is 11.8. The van der Waals surface area contributed by atoms with Crippen LogP contribution < -0.4 is 0 Å². The minimum Gasteiger partial charge on any atom is -0.466 e. The van der Waals surface area contributed by atoms with Gasteiger partial charge in [-0.05, 0) is 42.8 Å². The van der Waals surface area contributed by atoms with Crippen molar-refractivity contribution in [3.8, 4) is 11.3 Å². The summed E-state index contributed by atoms with van der Waals surface area (Å²) < 4.78 is 7.93. The number of carbonyl (C=O) groups excluding carboxylic acids is 1. The highest BCUT2D eigenvalue weighted by molar-refractivity contribution is 7.17. The fourth-order valence-electron chi connectivity index (χ4n) is 2.85. The van der Waals surface area contributed by atoms with E-state index in [1.54, 1.807) is 17.5 Å². The Kier molecular flexibility index (Phi) is 5.58. The van der Waals surface area contributed by atoms with Gasteiger partial charge in [-0.3, -0.25) is 9.48 Å². The Bertz CT molecular complexity index is 917. The Labute approximate surface area is 161 Å². The van der Waals surface area contributed by atoms with E-state index >= 15 is 0 Å². The quantitative estimate of drug-likeness (QED) is 0.465. The largest absolute Gasteiger partial charge is 0.466 e. The summed E-state index contributed by atoms with van der Waals surface area (Å²) in [6, 6.07) is 1.92. The first-order chi connectivity index (χ1) is 12.6. The van der Waals surface area contributed by atoms with E-state index in [0.717, 1.165) is 34.3 Å². The zero-order chi connectivity index (χ0) is 18.7. The number of ether oxygens (including phenoxy) is 1. The Balaban J connectivity index is 0.000000948. The van der Waals surface area contributed by atoms with Gasteiger partial charge in [-0.25, -0.2) is 9.97 Å². The average molecular weight is 393 g/mol. The second-order valence-electron chi connectivity index (χ2n) is 5.86. The van der Waals surface area contributed by atoms with E-state index in [1.165, 1.54) is 0 Å². The molecule has 1 aliphatic rings. The van der Waals surface area contributed by atoms with Crippen LogP contribution >= 0.6 is 22.9 Å². The molecule has 0 radical (unpaired) electrons. The molecule has 0 unspecified atom stereocenters. The molecule has 0 aromatic carbocycles. The standard InChI is InChI=1S/C16H15ClN4O2S.C2H6/c1-2-23-12(22)7-16(4-5-16)21-9-10(8-18-21)13-14-11(3-6-24-14)19-15(17)20-13;1-2/h3,6,8-9H,2,4-5,7H2,1H3;1-2H3. The molecule has 0 bridgehead atoms. The molecule has 138 valence electrons. The minimum absolute atomic E-state index is 0.183. The van der Waals surface area contributed by atoms with Crippen LogP contribution in [0.4, 0.5) is 0 Å². The van der Waals surface area contributed by atoms with Gasteiger partial charge in [0, 0.05) is 11.8 Å². The van der Waals surface area contributed by atoms with Crippen LogP contribution in [0, 0.1) is 0 Å². The number of halogens is 1. The third-order valence-electron chi connectivity index (χ3n) is 4.22. The van der Waals surface area contributed by atoms with Crippen molar-refractivity contribution in [1.29, 1.82) is 0 Å². The maximum Gasteiger partial charge on any atom is 0.308 e. The highest BCUT2D eigenvalue weighted by Crippen LogP contribution is 2.47. The van der Waals surface area contributed by atoms with Crippen molar-refractivity contribution in [3.05, 3.63) is 29.1 Å². The molecule has 0 N–H and O–H groups in total. The number of fused-ring (bicyclic) bond motifs is 1. The van der Waals surface area contributed by atoms with E-state index in [0.29, 0.717) is 13.0 Å². The SMILES string of the molecule is CC.CCOC(=O)CC1(n2cc(-c3nc(Cl)nc4ccsc34)cn2)CC1. The summed E-state index contributed by atoms with van der Waals surface area (Å²) in [5.41, 5.74) is 2.23. The van der Waals surface area contributed by atoms with Crippen molar-refractivity contribution < 1.29 is 9.53 Å². The van der Waals surface area contributed by atoms with Gasteiger partial charge in [0.1, 0.15) is 0 Å². The predicted octanol–water partition coefficient (Wildman–Crippen LogP) is 4.68. The Morgan fingerprint density at radius 2 is 2.15 bits per heavy atom. The van der Waals surface area contributed by atoms with Crippen LogP contribution in [0.2, 0.25) is 5.28 Å². The molecule has 0 saturated heterocycles. The van der Waals surface area contributed by atoms with Gasteiger partial charge in [0.15, 0.2) is 0 Å². The van der Waals surface area contributed by atoms with Crippen LogP contribution in [0.25, 0.3) is 21.5 Å². The molecule has 6 nitrogen and oxygen atoms in total. The van der Waals surface area contributed by atoms with Crippen LogP contribution in [-0.2, 0) is 15.1 Å². The normalized spacial score (nSPS) is 14.6. The van der Waals surface area contributed by atoms with Crippen LogP contribution in [0.1, 0.15) is 40.0 Å². The van der Waals surface area contributed by atoms with Gasteiger partial charge in [-0.1, -0.05) is 13.8 Å². The molecule has 8 heteroatoms. The van der Waals surface area contributed by atoms with E-state index in [4.69, 9.17) is 16.3 Å². The van der Waals surface area contributed by atoms with E-state index in [1.807, 2.05) is 43.1 Å². The van der Waals surface area contributed by atoms with E-state index < -0.39 is 0 Å². The number of esters is 1. The lowest BCUT2D eigenvalue weighted by molar-refractivity contribution is -0.144. The van der Waals surface area contributed by atoms with Gasteiger partial charge in [0.05, 0.1) is 40.7 Å². The Morgan fingerprint density at radius 1 is 1.38 bits per heavy atom. The molecule has 1 fully saturated rings. The number of hydrogen-bond donors (Lipinski definition) is 0. The third kappa shape index (κ3) is 3.59. The number of aromatic nitrogens is 4. The molecule has 26 heavy (non-hydrogen) atoms. The molecular formula is C18H21ClN4O2S. The first-order valence-corrected chi connectivity index (χ1v) is 9.99. The van der Waals surface area contributed by atoms with Gasteiger partial charge >= 0.3 is 5.97 Å². The summed E-state index contributed by atoms with van der Waals surface area (Å²) in [6.07, 6.45) is 5.89. The lowest BCUT2D eigenvalue weighted by Gasteiger charge is -2.14. The number of rotatable bonds is 5. The summed E-state index contributed by atoms with van der Waals surface area (Å²) in [4.78, 5) is 20.4. The van der Waals surface area contributed by atoms with Crippen LogP contribution in [0.5, 0.6) is 0 Å². The Morgan fingerprint density at radius 3 is 2.85 bits per heavy atom. The summed E-state index contributed by atoms with van der Waals surface area (Å²) in [5, 5.41) is 6.65. The molecule has 3 aromatic heterocycles. The van der Waals surface area contributed by atoms with Crippen LogP contribution in [0.15, 0.2) is 23.8 Å². The summed E-state index contributed by atoms with van der Waals surface area (Å²) in [5.74, 6) is -0.183. The second-order valence-corrected chi connectivity index (χ2v) is 7.11. The molecule has 4 rings (SSSR count). The van der Waals surface area contributed by atoms with Crippen LogP contribution in [0.3, 0.4) is 0 Å². The van der Waals surface area contributed by atoms with Crippen molar-refractivity contribution in [2.75, 3.05) is 6.61 Å².